The maximum atomic E-state index is 13.3. The van der Waals surface area contributed by atoms with Crippen LogP contribution in [0.25, 0.3) is 0 Å². The molecule has 144 valence electrons. The van der Waals surface area contributed by atoms with E-state index in [4.69, 9.17) is 9.47 Å². The third kappa shape index (κ3) is 5.65. The van der Waals surface area contributed by atoms with Gasteiger partial charge in [-0.15, -0.1) is 0 Å². The molecular formula is C23H29NO3. The Bertz CT molecular complexity index is 693. The number of morpholine rings is 1. The third-order valence-electron chi connectivity index (χ3n) is 4.97. The molecule has 1 atom stereocenters. The Hall–Kier alpha value is -2.17. The van der Waals surface area contributed by atoms with Crippen molar-refractivity contribution in [2.24, 2.45) is 0 Å². The average Bonchev–Trinajstić information content (AvgIpc) is 2.74. The van der Waals surface area contributed by atoms with Crippen LogP contribution >= 0.6 is 0 Å². The first kappa shape index (κ1) is 19.6. The number of hydrogen-bond acceptors (Lipinski definition) is 4. The number of benzene rings is 2. The average molecular weight is 367 g/mol. The van der Waals surface area contributed by atoms with Gasteiger partial charge >= 0.3 is 0 Å². The molecule has 0 unspecified atom stereocenters. The molecule has 0 spiro atoms. The molecule has 1 saturated heterocycles. The summed E-state index contributed by atoms with van der Waals surface area (Å²) in [6.45, 7) is 6.80. The minimum Gasteiger partial charge on any atom is -0.494 e. The van der Waals surface area contributed by atoms with Crippen molar-refractivity contribution in [2.75, 3.05) is 39.5 Å². The van der Waals surface area contributed by atoms with Crippen LogP contribution in [0, 0.1) is 0 Å². The van der Waals surface area contributed by atoms with Crippen LogP contribution < -0.4 is 4.74 Å². The zero-order valence-corrected chi connectivity index (χ0v) is 16.1. The minimum absolute atomic E-state index is 0.160. The maximum Gasteiger partial charge on any atom is 0.171 e. The van der Waals surface area contributed by atoms with E-state index in [1.165, 1.54) is 0 Å². The van der Waals surface area contributed by atoms with E-state index in [0.717, 1.165) is 62.6 Å². The second-order valence-electron chi connectivity index (χ2n) is 6.97. The summed E-state index contributed by atoms with van der Waals surface area (Å²) in [6, 6.07) is 17.7. The number of carbonyl (C=O) groups excluding carboxylic acids is 1. The van der Waals surface area contributed by atoms with Crippen molar-refractivity contribution in [3.05, 3.63) is 65.7 Å². The number of nitrogens with zero attached hydrogens (tertiary/aromatic N) is 1. The Kier molecular flexibility index (Phi) is 7.43. The molecule has 1 aliphatic heterocycles. The van der Waals surface area contributed by atoms with Crippen molar-refractivity contribution in [2.45, 2.75) is 25.7 Å². The summed E-state index contributed by atoms with van der Waals surface area (Å²) >= 11 is 0. The Morgan fingerprint density at radius 1 is 1.07 bits per heavy atom. The topological polar surface area (TPSA) is 38.8 Å². The highest BCUT2D eigenvalue weighted by atomic mass is 16.5. The molecule has 1 fully saturated rings. The van der Waals surface area contributed by atoms with Gasteiger partial charge in [0.2, 0.25) is 0 Å². The molecule has 0 saturated carbocycles. The lowest BCUT2D eigenvalue weighted by molar-refractivity contribution is 0.0345. The lowest BCUT2D eigenvalue weighted by Crippen LogP contribution is -2.40. The molecule has 0 bridgehead atoms. The van der Waals surface area contributed by atoms with Crippen LogP contribution in [-0.2, 0) is 4.74 Å². The predicted molar refractivity (Wildman–Crippen MR) is 108 cm³/mol. The van der Waals surface area contributed by atoms with Crippen molar-refractivity contribution in [3.63, 3.8) is 0 Å². The van der Waals surface area contributed by atoms with E-state index in [2.05, 4.69) is 11.8 Å². The van der Waals surface area contributed by atoms with Gasteiger partial charge < -0.3 is 9.47 Å². The first-order valence-corrected chi connectivity index (χ1v) is 9.90. The summed E-state index contributed by atoms with van der Waals surface area (Å²) in [7, 11) is 0. The van der Waals surface area contributed by atoms with E-state index in [1.54, 1.807) is 0 Å². The molecule has 0 amide bonds. The van der Waals surface area contributed by atoms with Crippen molar-refractivity contribution >= 4 is 5.78 Å². The number of rotatable bonds is 9. The summed E-state index contributed by atoms with van der Waals surface area (Å²) in [5, 5.41) is 0. The molecule has 4 heteroatoms. The highest BCUT2D eigenvalue weighted by Gasteiger charge is 2.25. The second-order valence-corrected chi connectivity index (χ2v) is 6.97. The van der Waals surface area contributed by atoms with Gasteiger partial charge in [-0.25, -0.2) is 0 Å². The van der Waals surface area contributed by atoms with Gasteiger partial charge in [-0.05, 0) is 36.2 Å². The molecule has 2 aromatic carbocycles. The quantitative estimate of drug-likeness (QED) is 0.493. The lowest BCUT2D eigenvalue weighted by Gasteiger charge is -2.30. The zero-order chi connectivity index (χ0) is 18.9. The summed E-state index contributed by atoms with van der Waals surface area (Å²) < 4.78 is 11.2. The number of hydrogen-bond donors (Lipinski definition) is 0. The van der Waals surface area contributed by atoms with Crippen LogP contribution in [0.3, 0.4) is 0 Å². The van der Waals surface area contributed by atoms with Gasteiger partial charge in [-0.3, -0.25) is 9.69 Å². The summed E-state index contributed by atoms with van der Waals surface area (Å²) in [4.78, 5) is 15.6. The number of unbranched alkanes of at least 4 members (excludes halogenated alkanes) is 1. The van der Waals surface area contributed by atoms with Gasteiger partial charge in [0.15, 0.2) is 5.78 Å². The number of ketones is 1. The first-order chi connectivity index (χ1) is 13.3. The first-order valence-electron chi connectivity index (χ1n) is 9.90. The highest BCUT2D eigenvalue weighted by Crippen LogP contribution is 2.24. The summed E-state index contributed by atoms with van der Waals surface area (Å²) in [5.41, 5.74) is 1.80. The highest BCUT2D eigenvalue weighted by molar-refractivity contribution is 6.01. The number of ether oxygens (including phenoxy) is 2. The second kappa shape index (κ2) is 10.2. The molecule has 3 rings (SSSR count). The monoisotopic (exact) mass is 367 g/mol. The molecule has 1 aliphatic rings. The van der Waals surface area contributed by atoms with Gasteiger partial charge in [0.25, 0.3) is 0 Å². The summed E-state index contributed by atoms with van der Waals surface area (Å²) in [6.07, 6.45) is 2.15. The lowest BCUT2D eigenvalue weighted by atomic mass is 9.90. The molecule has 0 aromatic heterocycles. The van der Waals surface area contributed by atoms with Crippen LogP contribution in [0.2, 0.25) is 0 Å². The van der Waals surface area contributed by atoms with Crippen LogP contribution in [0.4, 0.5) is 0 Å². The van der Waals surface area contributed by atoms with Crippen LogP contribution in [0.15, 0.2) is 54.6 Å². The standard InChI is InChI=1S/C23H29NO3/c1-2-3-15-27-21-11-9-20(10-12-21)23(25)22(19-7-5-4-6-8-19)18-24-13-16-26-17-14-24/h4-12,22H,2-3,13-18H2,1H3/t22-/m0/s1. The molecule has 1 heterocycles. The fraction of sp³-hybridized carbons (Fsp3) is 0.435. The molecule has 0 N–H and O–H groups in total. The molecule has 2 aromatic rings. The minimum atomic E-state index is -0.170. The van der Waals surface area contributed by atoms with E-state index in [1.807, 2.05) is 54.6 Å². The van der Waals surface area contributed by atoms with Crippen LogP contribution in [-0.4, -0.2) is 50.1 Å². The predicted octanol–water partition coefficient (Wildman–Crippen LogP) is 4.16. The van der Waals surface area contributed by atoms with Crippen molar-refractivity contribution in [1.82, 2.24) is 4.90 Å². The Morgan fingerprint density at radius 2 is 1.78 bits per heavy atom. The molecule has 4 nitrogen and oxygen atoms in total. The van der Waals surface area contributed by atoms with E-state index in [9.17, 15) is 4.79 Å². The Balaban J connectivity index is 1.73. The Morgan fingerprint density at radius 3 is 2.44 bits per heavy atom. The van der Waals surface area contributed by atoms with Crippen LogP contribution in [0.5, 0.6) is 5.75 Å². The molecular weight excluding hydrogens is 338 g/mol. The largest absolute Gasteiger partial charge is 0.494 e. The van der Waals surface area contributed by atoms with Crippen LogP contribution in [0.1, 0.15) is 41.6 Å². The SMILES string of the molecule is CCCCOc1ccc(C(=O)[C@@H](CN2CCOCC2)c2ccccc2)cc1. The van der Waals surface area contributed by atoms with Gasteiger partial charge in [0, 0.05) is 25.2 Å². The normalized spacial score (nSPS) is 16.0. The van der Waals surface area contributed by atoms with E-state index in [0.29, 0.717) is 6.61 Å². The maximum absolute atomic E-state index is 13.3. The fourth-order valence-electron chi connectivity index (χ4n) is 3.32. The smallest absolute Gasteiger partial charge is 0.171 e. The Labute approximate surface area is 162 Å². The van der Waals surface area contributed by atoms with Gasteiger partial charge in [-0.2, -0.15) is 0 Å². The van der Waals surface area contributed by atoms with E-state index in [-0.39, 0.29) is 11.7 Å². The van der Waals surface area contributed by atoms with Crippen molar-refractivity contribution < 1.29 is 14.3 Å². The molecule has 27 heavy (non-hydrogen) atoms. The van der Waals surface area contributed by atoms with Gasteiger partial charge in [0.1, 0.15) is 5.75 Å². The number of carbonyl (C=O) groups is 1. The van der Waals surface area contributed by atoms with Crippen molar-refractivity contribution in [1.29, 1.82) is 0 Å². The van der Waals surface area contributed by atoms with Gasteiger partial charge in [-0.1, -0.05) is 43.7 Å². The van der Waals surface area contributed by atoms with Gasteiger partial charge in [0.05, 0.1) is 25.7 Å². The third-order valence-corrected chi connectivity index (χ3v) is 4.97. The zero-order valence-electron chi connectivity index (χ0n) is 16.1. The van der Waals surface area contributed by atoms with Crippen molar-refractivity contribution in [3.8, 4) is 5.75 Å². The number of Topliss-reactive ketones (excluding diaryl/α,β-unsaturated/α-hetero) is 1. The van der Waals surface area contributed by atoms with E-state index < -0.39 is 0 Å². The summed E-state index contributed by atoms with van der Waals surface area (Å²) in [5.74, 6) is 0.813. The van der Waals surface area contributed by atoms with E-state index >= 15 is 0 Å². The molecule has 0 radical (unpaired) electrons. The molecule has 0 aliphatic carbocycles. The fourth-order valence-corrected chi connectivity index (χ4v) is 3.32.